The van der Waals surface area contributed by atoms with Crippen LogP contribution in [0.5, 0.6) is 5.75 Å². The molecule has 0 saturated carbocycles. The summed E-state index contributed by atoms with van der Waals surface area (Å²) in [6.45, 7) is 7.58. The Labute approximate surface area is 131 Å². The minimum Gasteiger partial charge on any atom is -0.489 e. The predicted octanol–water partition coefficient (Wildman–Crippen LogP) is 3.46. The molecule has 21 heavy (non-hydrogen) atoms. The van der Waals surface area contributed by atoms with E-state index in [0.717, 1.165) is 25.9 Å². The highest BCUT2D eigenvalue weighted by Gasteiger charge is 2.39. The molecule has 1 unspecified atom stereocenters. The number of anilines is 1. The third-order valence-electron chi connectivity index (χ3n) is 3.95. The van der Waals surface area contributed by atoms with Gasteiger partial charge < -0.3 is 15.4 Å². The first-order valence-electron chi connectivity index (χ1n) is 7.45. The lowest BCUT2D eigenvalue weighted by molar-refractivity contribution is -0.124. The molecule has 0 aromatic heterocycles. The zero-order chi connectivity index (χ0) is 15.5. The topological polar surface area (TPSA) is 50.4 Å². The van der Waals surface area contributed by atoms with Crippen LogP contribution in [0.15, 0.2) is 18.2 Å². The fourth-order valence-corrected chi connectivity index (χ4v) is 2.82. The normalized spacial score (nSPS) is 21.6. The van der Waals surface area contributed by atoms with Crippen molar-refractivity contribution in [1.82, 2.24) is 5.32 Å². The molecular formula is C16H23ClN2O2. The number of carbonyl (C=O) groups is 1. The largest absolute Gasteiger partial charge is 0.489 e. The van der Waals surface area contributed by atoms with Gasteiger partial charge in [0, 0.05) is 12.2 Å². The molecule has 4 nitrogen and oxygen atoms in total. The van der Waals surface area contributed by atoms with Gasteiger partial charge in [0.15, 0.2) is 0 Å². The Morgan fingerprint density at radius 1 is 1.52 bits per heavy atom. The van der Waals surface area contributed by atoms with E-state index in [1.165, 1.54) is 0 Å². The van der Waals surface area contributed by atoms with Crippen molar-refractivity contribution in [2.75, 3.05) is 18.4 Å². The van der Waals surface area contributed by atoms with Crippen LogP contribution in [0.3, 0.4) is 0 Å². The first-order chi connectivity index (χ1) is 9.97. The molecule has 1 aromatic rings. The van der Waals surface area contributed by atoms with E-state index in [4.69, 9.17) is 16.3 Å². The van der Waals surface area contributed by atoms with Crippen LogP contribution in [0, 0.1) is 5.41 Å². The van der Waals surface area contributed by atoms with E-state index < -0.39 is 0 Å². The quantitative estimate of drug-likeness (QED) is 0.875. The van der Waals surface area contributed by atoms with Gasteiger partial charge in [-0.25, -0.2) is 0 Å². The molecule has 5 heteroatoms. The number of ether oxygens (including phenoxy) is 1. The van der Waals surface area contributed by atoms with Crippen molar-refractivity contribution in [3.63, 3.8) is 0 Å². The lowest BCUT2D eigenvalue weighted by Crippen LogP contribution is -2.37. The van der Waals surface area contributed by atoms with Gasteiger partial charge in [-0.1, -0.05) is 18.5 Å². The molecule has 0 radical (unpaired) electrons. The summed E-state index contributed by atoms with van der Waals surface area (Å²) in [4.78, 5) is 12.5. The van der Waals surface area contributed by atoms with Crippen molar-refractivity contribution in [2.24, 2.45) is 5.41 Å². The molecule has 1 fully saturated rings. The van der Waals surface area contributed by atoms with Crippen molar-refractivity contribution in [3.05, 3.63) is 23.2 Å². The molecule has 1 saturated heterocycles. The average molecular weight is 311 g/mol. The zero-order valence-electron chi connectivity index (χ0n) is 12.8. The molecule has 0 spiro atoms. The first-order valence-corrected chi connectivity index (χ1v) is 7.83. The molecule has 116 valence electrons. The molecule has 1 aliphatic rings. The minimum absolute atomic E-state index is 0.0589. The van der Waals surface area contributed by atoms with E-state index >= 15 is 0 Å². The van der Waals surface area contributed by atoms with E-state index in [-0.39, 0.29) is 17.4 Å². The van der Waals surface area contributed by atoms with Crippen LogP contribution in [0.25, 0.3) is 0 Å². The maximum absolute atomic E-state index is 12.5. The standard InChI is InChI=1S/C16H23ClN2O2/c1-4-16(7-8-18-10-16)15(20)19-12-5-6-14(13(17)9-12)21-11(2)3/h5-6,9,11,18H,4,7-8,10H2,1-3H3,(H,19,20). The Kier molecular flexibility index (Phi) is 5.12. The summed E-state index contributed by atoms with van der Waals surface area (Å²) in [5.41, 5.74) is 0.403. The molecule has 1 heterocycles. The van der Waals surface area contributed by atoms with Crippen LogP contribution >= 0.6 is 11.6 Å². The Balaban J connectivity index is 2.09. The summed E-state index contributed by atoms with van der Waals surface area (Å²) >= 11 is 6.20. The summed E-state index contributed by atoms with van der Waals surface area (Å²) < 4.78 is 5.59. The molecule has 0 bridgehead atoms. The SMILES string of the molecule is CCC1(C(=O)Nc2ccc(OC(C)C)c(Cl)c2)CCNC1. The highest BCUT2D eigenvalue weighted by atomic mass is 35.5. The average Bonchev–Trinajstić information content (AvgIpc) is 2.91. The Hall–Kier alpha value is -1.26. The Bertz CT molecular complexity index is 511. The summed E-state index contributed by atoms with van der Waals surface area (Å²) in [7, 11) is 0. The molecule has 1 amide bonds. The van der Waals surface area contributed by atoms with Gasteiger partial charge >= 0.3 is 0 Å². The first kappa shape index (κ1) is 16.1. The van der Waals surface area contributed by atoms with E-state index in [9.17, 15) is 4.79 Å². The van der Waals surface area contributed by atoms with Gasteiger partial charge in [-0.2, -0.15) is 0 Å². The van der Waals surface area contributed by atoms with Gasteiger partial charge in [-0.05, 0) is 51.4 Å². The second-order valence-corrected chi connectivity index (χ2v) is 6.23. The molecule has 1 aliphatic heterocycles. The number of rotatable bonds is 5. The van der Waals surface area contributed by atoms with Crippen LogP contribution in [0.1, 0.15) is 33.6 Å². The van der Waals surface area contributed by atoms with Crippen LogP contribution in [0.4, 0.5) is 5.69 Å². The van der Waals surface area contributed by atoms with Crippen LogP contribution in [-0.2, 0) is 4.79 Å². The number of benzene rings is 1. The second kappa shape index (κ2) is 6.67. The molecular weight excluding hydrogens is 288 g/mol. The maximum atomic E-state index is 12.5. The Morgan fingerprint density at radius 3 is 2.81 bits per heavy atom. The molecule has 0 aliphatic carbocycles. The monoisotopic (exact) mass is 310 g/mol. The van der Waals surface area contributed by atoms with Gasteiger partial charge in [0.05, 0.1) is 16.5 Å². The van der Waals surface area contributed by atoms with Crippen molar-refractivity contribution in [3.8, 4) is 5.75 Å². The van der Waals surface area contributed by atoms with Gasteiger partial charge in [-0.3, -0.25) is 4.79 Å². The van der Waals surface area contributed by atoms with Gasteiger partial charge in [-0.15, -0.1) is 0 Å². The smallest absolute Gasteiger partial charge is 0.231 e. The minimum atomic E-state index is -0.306. The van der Waals surface area contributed by atoms with E-state index in [1.807, 2.05) is 19.9 Å². The predicted molar refractivity (Wildman–Crippen MR) is 86.1 cm³/mol. The van der Waals surface area contributed by atoms with Crippen molar-refractivity contribution < 1.29 is 9.53 Å². The van der Waals surface area contributed by atoms with Crippen LogP contribution < -0.4 is 15.4 Å². The third kappa shape index (κ3) is 3.69. The van der Waals surface area contributed by atoms with E-state index in [1.54, 1.807) is 12.1 Å². The number of hydrogen-bond donors (Lipinski definition) is 2. The number of amides is 1. The van der Waals surface area contributed by atoms with E-state index in [0.29, 0.717) is 16.5 Å². The summed E-state index contributed by atoms with van der Waals surface area (Å²) in [6.07, 6.45) is 1.77. The van der Waals surface area contributed by atoms with Crippen molar-refractivity contribution in [1.29, 1.82) is 0 Å². The van der Waals surface area contributed by atoms with Crippen molar-refractivity contribution in [2.45, 2.75) is 39.7 Å². The highest BCUT2D eigenvalue weighted by Crippen LogP contribution is 2.33. The number of carbonyl (C=O) groups excluding carboxylic acids is 1. The van der Waals surface area contributed by atoms with Crippen molar-refractivity contribution >= 4 is 23.2 Å². The van der Waals surface area contributed by atoms with Gasteiger partial charge in [0.2, 0.25) is 5.91 Å². The lowest BCUT2D eigenvalue weighted by Gasteiger charge is -2.25. The molecule has 1 atom stereocenters. The Morgan fingerprint density at radius 2 is 2.29 bits per heavy atom. The van der Waals surface area contributed by atoms with E-state index in [2.05, 4.69) is 17.6 Å². The third-order valence-corrected chi connectivity index (χ3v) is 4.25. The number of nitrogens with one attached hydrogen (secondary N) is 2. The number of hydrogen-bond acceptors (Lipinski definition) is 3. The molecule has 1 aromatic carbocycles. The maximum Gasteiger partial charge on any atom is 0.231 e. The fourth-order valence-electron chi connectivity index (χ4n) is 2.59. The zero-order valence-corrected chi connectivity index (χ0v) is 13.6. The molecule has 2 rings (SSSR count). The molecule has 2 N–H and O–H groups in total. The number of halogens is 1. The summed E-state index contributed by atoms with van der Waals surface area (Å²) in [5.74, 6) is 0.695. The summed E-state index contributed by atoms with van der Waals surface area (Å²) in [6, 6.07) is 5.36. The summed E-state index contributed by atoms with van der Waals surface area (Å²) in [5, 5.41) is 6.75. The second-order valence-electron chi connectivity index (χ2n) is 5.83. The van der Waals surface area contributed by atoms with Gasteiger partial charge in [0.25, 0.3) is 0 Å². The highest BCUT2D eigenvalue weighted by molar-refractivity contribution is 6.32. The van der Waals surface area contributed by atoms with Gasteiger partial charge in [0.1, 0.15) is 5.75 Å². The van der Waals surface area contributed by atoms with Crippen LogP contribution in [0.2, 0.25) is 5.02 Å². The lowest BCUT2D eigenvalue weighted by atomic mass is 9.83. The fraction of sp³-hybridized carbons (Fsp3) is 0.562. The van der Waals surface area contributed by atoms with Crippen LogP contribution in [-0.4, -0.2) is 25.1 Å².